The average Bonchev–Trinajstić information content (AvgIpc) is 3.26. The summed E-state index contributed by atoms with van der Waals surface area (Å²) < 4.78 is 0. The first kappa shape index (κ1) is 15.2. The highest BCUT2D eigenvalue weighted by atomic mass is 14.2. The fraction of sp³-hybridized carbons (Fsp3) is 0.250. The van der Waals surface area contributed by atoms with Crippen molar-refractivity contribution in [2.45, 2.75) is 26.2 Å². The Balaban J connectivity index is 1.45. The van der Waals surface area contributed by atoms with Gasteiger partial charge in [-0.2, -0.15) is 0 Å². The van der Waals surface area contributed by atoms with Crippen molar-refractivity contribution >= 4 is 6.08 Å². The van der Waals surface area contributed by atoms with Crippen molar-refractivity contribution in [2.75, 3.05) is 0 Å². The van der Waals surface area contributed by atoms with Gasteiger partial charge in [0.1, 0.15) is 0 Å². The Kier molecular flexibility index (Phi) is 4.21. The van der Waals surface area contributed by atoms with E-state index in [0.29, 0.717) is 5.92 Å². The van der Waals surface area contributed by atoms with Crippen molar-refractivity contribution in [2.24, 2.45) is 11.8 Å². The number of benzene rings is 2. The second-order valence-corrected chi connectivity index (χ2v) is 7.01. The Bertz CT molecular complexity index is 808. The Morgan fingerprint density at radius 3 is 2.67 bits per heavy atom. The smallest absolute Gasteiger partial charge is 0.000751 e. The van der Waals surface area contributed by atoms with Gasteiger partial charge in [-0.05, 0) is 58.9 Å². The Hall–Kier alpha value is -2.34. The van der Waals surface area contributed by atoms with Gasteiger partial charge in [0, 0.05) is 0 Å². The van der Waals surface area contributed by atoms with Crippen molar-refractivity contribution in [1.29, 1.82) is 0 Å². The van der Waals surface area contributed by atoms with Gasteiger partial charge in [-0.1, -0.05) is 85.8 Å². The molecule has 0 heterocycles. The van der Waals surface area contributed by atoms with Gasteiger partial charge in [-0.3, -0.25) is 0 Å². The van der Waals surface area contributed by atoms with Crippen LogP contribution in [0.2, 0.25) is 0 Å². The van der Waals surface area contributed by atoms with Crippen LogP contribution in [0.15, 0.2) is 72.8 Å². The van der Waals surface area contributed by atoms with Crippen LogP contribution in [0.3, 0.4) is 0 Å². The Labute approximate surface area is 145 Å². The summed E-state index contributed by atoms with van der Waals surface area (Å²) >= 11 is 0. The molecule has 0 amide bonds. The maximum absolute atomic E-state index is 2.36. The molecular weight excluding hydrogens is 288 g/mol. The predicted molar refractivity (Wildman–Crippen MR) is 104 cm³/mol. The second kappa shape index (κ2) is 6.65. The van der Waals surface area contributed by atoms with Crippen LogP contribution in [-0.4, -0.2) is 0 Å². The van der Waals surface area contributed by atoms with Crippen molar-refractivity contribution < 1.29 is 0 Å². The maximum atomic E-state index is 2.36. The van der Waals surface area contributed by atoms with Crippen molar-refractivity contribution in [1.82, 2.24) is 0 Å². The number of rotatable bonds is 5. The van der Waals surface area contributed by atoms with Gasteiger partial charge >= 0.3 is 0 Å². The molecular formula is C24H24. The van der Waals surface area contributed by atoms with E-state index in [4.69, 9.17) is 0 Å². The quantitative estimate of drug-likeness (QED) is 0.509. The summed E-state index contributed by atoms with van der Waals surface area (Å²) in [5.41, 5.74) is 7.17. The zero-order valence-electron chi connectivity index (χ0n) is 14.3. The summed E-state index contributed by atoms with van der Waals surface area (Å²) in [6.45, 7) is 2.36. The molecule has 0 fully saturated rings. The summed E-state index contributed by atoms with van der Waals surface area (Å²) in [7, 11) is 0. The topological polar surface area (TPSA) is 0 Å². The first-order chi connectivity index (χ1) is 11.8. The summed E-state index contributed by atoms with van der Waals surface area (Å²) in [4.78, 5) is 0. The van der Waals surface area contributed by atoms with E-state index in [-0.39, 0.29) is 0 Å². The lowest BCUT2D eigenvalue weighted by Gasteiger charge is -2.14. The molecule has 0 N–H and O–H groups in total. The highest BCUT2D eigenvalue weighted by Gasteiger charge is 2.19. The molecule has 0 aromatic heterocycles. The summed E-state index contributed by atoms with van der Waals surface area (Å²) in [6.07, 6.45) is 17.1. The summed E-state index contributed by atoms with van der Waals surface area (Å²) in [6, 6.07) is 15.5. The minimum Gasteiger partial charge on any atom is -0.0839 e. The molecule has 0 heteroatoms. The number of allylic oxidation sites excluding steroid dienone is 5. The molecule has 24 heavy (non-hydrogen) atoms. The SMILES string of the molecule is CC(CCC=Cc1cccc2c1Cc1ccccc1-2)C1C=CC=C1. The lowest BCUT2D eigenvalue weighted by Crippen LogP contribution is -2.04. The largest absolute Gasteiger partial charge is 0.0839 e. The molecule has 0 saturated carbocycles. The number of hydrogen-bond acceptors (Lipinski definition) is 0. The minimum atomic E-state index is 0.633. The summed E-state index contributed by atoms with van der Waals surface area (Å²) in [5.74, 6) is 1.35. The first-order valence-corrected chi connectivity index (χ1v) is 9.04. The standard InChI is InChI=1S/C24H24/c1-18(19-10-4-5-11-19)9-2-3-12-20-14-8-16-23-22-15-7-6-13-21(22)17-24(20)23/h3-8,10-16,18-19H,2,9,17H2,1H3. The van der Waals surface area contributed by atoms with E-state index in [1.807, 2.05) is 0 Å². The van der Waals surface area contributed by atoms with Crippen LogP contribution in [0.4, 0.5) is 0 Å². The van der Waals surface area contributed by atoms with Crippen molar-refractivity contribution in [3.05, 3.63) is 89.5 Å². The van der Waals surface area contributed by atoms with Gasteiger partial charge in [0.15, 0.2) is 0 Å². The molecule has 2 aromatic carbocycles. The Morgan fingerprint density at radius 2 is 1.79 bits per heavy atom. The Morgan fingerprint density at radius 1 is 1.00 bits per heavy atom. The zero-order valence-corrected chi connectivity index (χ0v) is 14.3. The normalized spacial score (nSPS) is 16.7. The molecule has 1 atom stereocenters. The highest BCUT2D eigenvalue weighted by molar-refractivity contribution is 5.80. The lowest BCUT2D eigenvalue weighted by molar-refractivity contribution is 0.469. The first-order valence-electron chi connectivity index (χ1n) is 9.04. The van der Waals surface area contributed by atoms with E-state index in [1.54, 1.807) is 0 Å². The summed E-state index contributed by atoms with van der Waals surface area (Å²) in [5, 5.41) is 0. The van der Waals surface area contributed by atoms with Crippen LogP contribution in [0, 0.1) is 11.8 Å². The molecule has 0 spiro atoms. The monoisotopic (exact) mass is 312 g/mol. The molecule has 0 saturated heterocycles. The molecule has 120 valence electrons. The van der Waals surface area contributed by atoms with Gasteiger partial charge < -0.3 is 0 Å². The molecule has 0 aliphatic heterocycles. The lowest BCUT2D eigenvalue weighted by atomic mass is 9.91. The zero-order chi connectivity index (χ0) is 16.4. The van der Waals surface area contributed by atoms with E-state index in [1.165, 1.54) is 34.2 Å². The molecule has 1 unspecified atom stereocenters. The predicted octanol–water partition coefficient (Wildman–Crippen LogP) is 6.43. The minimum absolute atomic E-state index is 0.633. The highest BCUT2D eigenvalue weighted by Crippen LogP contribution is 2.38. The fourth-order valence-electron chi connectivity index (χ4n) is 3.93. The molecule has 0 nitrogen and oxygen atoms in total. The van der Waals surface area contributed by atoms with E-state index in [9.17, 15) is 0 Å². The average molecular weight is 312 g/mol. The fourth-order valence-corrected chi connectivity index (χ4v) is 3.93. The third-order valence-corrected chi connectivity index (χ3v) is 5.41. The number of hydrogen-bond donors (Lipinski definition) is 0. The van der Waals surface area contributed by atoms with Gasteiger partial charge in [-0.25, -0.2) is 0 Å². The van der Waals surface area contributed by atoms with Crippen LogP contribution in [0.1, 0.15) is 36.5 Å². The van der Waals surface area contributed by atoms with Crippen LogP contribution in [0.25, 0.3) is 17.2 Å². The van der Waals surface area contributed by atoms with Crippen LogP contribution in [-0.2, 0) is 6.42 Å². The van der Waals surface area contributed by atoms with Crippen molar-refractivity contribution in [3.63, 3.8) is 0 Å². The molecule has 2 aromatic rings. The van der Waals surface area contributed by atoms with E-state index >= 15 is 0 Å². The third-order valence-electron chi connectivity index (χ3n) is 5.41. The molecule has 0 radical (unpaired) electrons. The van der Waals surface area contributed by atoms with E-state index in [2.05, 4.69) is 85.8 Å². The molecule has 2 aliphatic carbocycles. The van der Waals surface area contributed by atoms with Crippen LogP contribution >= 0.6 is 0 Å². The molecule has 2 aliphatic rings. The van der Waals surface area contributed by atoms with Gasteiger partial charge in [0.05, 0.1) is 0 Å². The molecule has 0 bridgehead atoms. The van der Waals surface area contributed by atoms with Gasteiger partial charge in [-0.15, -0.1) is 0 Å². The van der Waals surface area contributed by atoms with E-state index < -0.39 is 0 Å². The third kappa shape index (κ3) is 2.89. The maximum Gasteiger partial charge on any atom is -0.000751 e. The van der Waals surface area contributed by atoms with E-state index in [0.717, 1.165) is 18.8 Å². The van der Waals surface area contributed by atoms with Crippen LogP contribution < -0.4 is 0 Å². The molecule has 4 rings (SSSR count). The van der Waals surface area contributed by atoms with Crippen LogP contribution in [0.5, 0.6) is 0 Å². The number of fused-ring (bicyclic) bond motifs is 3. The van der Waals surface area contributed by atoms with Gasteiger partial charge in [0.2, 0.25) is 0 Å². The van der Waals surface area contributed by atoms with Gasteiger partial charge in [0.25, 0.3) is 0 Å². The second-order valence-electron chi connectivity index (χ2n) is 7.01. The van der Waals surface area contributed by atoms with Crippen molar-refractivity contribution in [3.8, 4) is 11.1 Å².